The molecule has 0 atom stereocenters. The molecule has 0 spiro atoms. The third kappa shape index (κ3) is 3.81. The highest BCUT2D eigenvalue weighted by Crippen LogP contribution is 2.11. The zero-order valence-electron chi connectivity index (χ0n) is 10.8. The molecule has 1 heterocycles. The fraction of sp³-hybridized carbons (Fsp3) is 0.200. The predicted molar refractivity (Wildman–Crippen MR) is 74.0 cm³/mol. The van der Waals surface area contributed by atoms with Gasteiger partial charge in [-0.2, -0.15) is 0 Å². The van der Waals surface area contributed by atoms with Crippen molar-refractivity contribution in [3.63, 3.8) is 0 Å². The van der Waals surface area contributed by atoms with Crippen LogP contribution < -0.4 is 5.32 Å². The number of pyridine rings is 1. The Kier molecular flexibility index (Phi) is 4.50. The van der Waals surface area contributed by atoms with Crippen molar-refractivity contribution in [2.24, 2.45) is 0 Å². The number of ether oxygens (including phenoxy) is 1. The van der Waals surface area contributed by atoms with Crippen LogP contribution in [0.4, 0.5) is 5.69 Å². The van der Waals surface area contributed by atoms with Crippen LogP contribution in [0, 0.1) is 0 Å². The second kappa shape index (κ2) is 6.54. The van der Waals surface area contributed by atoms with E-state index in [2.05, 4.69) is 10.3 Å². The summed E-state index contributed by atoms with van der Waals surface area (Å²) >= 11 is 0. The lowest BCUT2D eigenvalue weighted by molar-refractivity contribution is 0.0519. The van der Waals surface area contributed by atoms with Crippen LogP contribution in [-0.4, -0.2) is 17.6 Å². The quantitative estimate of drug-likeness (QED) is 0.836. The Morgan fingerprint density at radius 1 is 1.26 bits per heavy atom. The molecule has 0 aliphatic carbocycles. The lowest BCUT2D eigenvalue weighted by atomic mass is 10.2. The minimum atomic E-state index is -0.397. The van der Waals surface area contributed by atoms with Crippen LogP contribution in [0.1, 0.15) is 23.0 Å². The second-order valence-electron chi connectivity index (χ2n) is 3.99. The van der Waals surface area contributed by atoms with Crippen molar-refractivity contribution >= 4 is 11.7 Å². The number of nitrogens with one attached hydrogen (secondary N) is 1. The number of nitrogens with zero attached hydrogens (tertiary/aromatic N) is 1. The Hall–Kier alpha value is -2.36. The summed E-state index contributed by atoms with van der Waals surface area (Å²) in [4.78, 5) is 15.6. The highest BCUT2D eigenvalue weighted by atomic mass is 16.5. The molecule has 2 aromatic rings. The molecule has 0 aliphatic rings. The summed E-state index contributed by atoms with van der Waals surface area (Å²) in [7, 11) is 0. The van der Waals surface area contributed by atoms with Gasteiger partial charge in [0.2, 0.25) is 0 Å². The molecule has 4 nitrogen and oxygen atoms in total. The van der Waals surface area contributed by atoms with Gasteiger partial charge in [-0.25, -0.2) is 9.78 Å². The molecule has 0 saturated carbocycles. The zero-order chi connectivity index (χ0) is 13.5. The van der Waals surface area contributed by atoms with Crippen LogP contribution in [0.3, 0.4) is 0 Å². The van der Waals surface area contributed by atoms with E-state index in [0.29, 0.717) is 18.8 Å². The first kappa shape index (κ1) is 13.1. The lowest BCUT2D eigenvalue weighted by Crippen LogP contribution is -2.08. The van der Waals surface area contributed by atoms with Crippen molar-refractivity contribution in [2.75, 3.05) is 11.9 Å². The van der Waals surface area contributed by atoms with E-state index in [-0.39, 0.29) is 0 Å². The normalized spacial score (nSPS) is 9.95. The first-order valence-corrected chi connectivity index (χ1v) is 6.20. The second-order valence-corrected chi connectivity index (χ2v) is 3.99. The van der Waals surface area contributed by atoms with Gasteiger partial charge in [-0.15, -0.1) is 0 Å². The van der Waals surface area contributed by atoms with E-state index in [1.165, 1.54) is 5.56 Å². The van der Waals surface area contributed by atoms with E-state index < -0.39 is 5.97 Å². The maximum Gasteiger partial charge on any atom is 0.356 e. The van der Waals surface area contributed by atoms with E-state index in [4.69, 9.17) is 4.74 Å². The Bertz CT molecular complexity index is 541. The average Bonchev–Trinajstić information content (AvgIpc) is 2.47. The standard InChI is InChI=1S/C15H16N2O2/c1-2-19-15(18)14-10-13(8-9-16-14)17-11-12-6-4-3-5-7-12/h3-10H,2,11H2,1H3,(H,16,17). The fourth-order valence-electron chi connectivity index (χ4n) is 1.66. The lowest BCUT2D eigenvalue weighted by Gasteiger charge is -2.07. The van der Waals surface area contributed by atoms with Crippen molar-refractivity contribution in [1.82, 2.24) is 4.98 Å². The van der Waals surface area contributed by atoms with E-state index >= 15 is 0 Å². The molecule has 0 unspecified atom stereocenters. The van der Waals surface area contributed by atoms with Crippen LogP contribution in [-0.2, 0) is 11.3 Å². The summed E-state index contributed by atoms with van der Waals surface area (Å²) in [5, 5.41) is 3.25. The molecule has 4 heteroatoms. The molecular formula is C15H16N2O2. The Morgan fingerprint density at radius 2 is 2.05 bits per heavy atom. The maximum absolute atomic E-state index is 11.6. The van der Waals surface area contributed by atoms with Crippen molar-refractivity contribution in [1.29, 1.82) is 0 Å². The van der Waals surface area contributed by atoms with E-state index in [9.17, 15) is 4.79 Å². The largest absolute Gasteiger partial charge is 0.461 e. The number of anilines is 1. The van der Waals surface area contributed by atoms with Crippen molar-refractivity contribution < 1.29 is 9.53 Å². The first-order chi connectivity index (χ1) is 9.29. The molecule has 1 aromatic carbocycles. The fourth-order valence-corrected chi connectivity index (χ4v) is 1.66. The number of carbonyl (C=O) groups excluding carboxylic acids is 1. The van der Waals surface area contributed by atoms with Crippen LogP contribution in [0.25, 0.3) is 0 Å². The van der Waals surface area contributed by atoms with Crippen molar-refractivity contribution in [3.8, 4) is 0 Å². The summed E-state index contributed by atoms with van der Waals surface area (Å²) in [5.74, 6) is -0.397. The highest BCUT2D eigenvalue weighted by molar-refractivity contribution is 5.88. The molecule has 1 aromatic heterocycles. The molecule has 98 valence electrons. The van der Waals surface area contributed by atoms with Gasteiger partial charge in [0.25, 0.3) is 0 Å². The van der Waals surface area contributed by atoms with Crippen LogP contribution in [0.15, 0.2) is 48.7 Å². The van der Waals surface area contributed by atoms with Gasteiger partial charge in [0.1, 0.15) is 5.69 Å². The molecule has 0 radical (unpaired) electrons. The molecule has 19 heavy (non-hydrogen) atoms. The number of carbonyl (C=O) groups is 1. The molecule has 0 fully saturated rings. The molecule has 1 N–H and O–H groups in total. The van der Waals surface area contributed by atoms with Crippen molar-refractivity contribution in [2.45, 2.75) is 13.5 Å². The first-order valence-electron chi connectivity index (χ1n) is 6.20. The van der Waals surface area contributed by atoms with Gasteiger partial charge in [-0.3, -0.25) is 0 Å². The maximum atomic E-state index is 11.6. The van der Waals surface area contributed by atoms with Gasteiger partial charge in [0, 0.05) is 18.4 Å². The SMILES string of the molecule is CCOC(=O)c1cc(NCc2ccccc2)ccn1. The molecule has 0 amide bonds. The topological polar surface area (TPSA) is 51.2 Å². The molecule has 0 aliphatic heterocycles. The predicted octanol–water partition coefficient (Wildman–Crippen LogP) is 2.87. The van der Waals surface area contributed by atoms with Gasteiger partial charge in [0.05, 0.1) is 6.61 Å². The highest BCUT2D eigenvalue weighted by Gasteiger charge is 2.08. The van der Waals surface area contributed by atoms with Gasteiger partial charge in [-0.1, -0.05) is 30.3 Å². The molecule has 0 bridgehead atoms. The Labute approximate surface area is 112 Å². The van der Waals surface area contributed by atoms with E-state index in [1.54, 1.807) is 19.2 Å². The molecule has 0 saturated heterocycles. The number of rotatable bonds is 5. The zero-order valence-corrected chi connectivity index (χ0v) is 10.8. The average molecular weight is 256 g/mol. The smallest absolute Gasteiger partial charge is 0.356 e. The molecular weight excluding hydrogens is 240 g/mol. The Balaban J connectivity index is 2.01. The van der Waals surface area contributed by atoms with Crippen LogP contribution >= 0.6 is 0 Å². The summed E-state index contributed by atoms with van der Waals surface area (Å²) in [6.45, 7) is 2.82. The number of benzene rings is 1. The minimum Gasteiger partial charge on any atom is -0.461 e. The number of hydrogen-bond donors (Lipinski definition) is 1. The summed E-state index contributed by atoms with van der Waals surface area (Å²) in [6.07, 6.45) is 1.60. The number of aromatic nitrogens is 1. The third-order valence-corrected chi connectivity index (χ3v) is 2.58. The monoisotopic (exact) mass is 256 g/mol. The van der Waals surface area contributed by atoms with Crippen molar-refractivity contribution in [3.05, 3.63) is 59.9 Å². The molecule has 2 rings (SSSR count). The summed E-state index contributed by atoms with van der Waals surface area (Å²) < 4.78 is 4.92. The summed E-state index contributed by atoms with van der Waals surface area (Å²) in [6, 6.07) is 13.6. The van der Waals surface area contributed by atoms with Gasteiger partial charge in [0.15, 0.2) is 0 Å². The van der Waals surface area contributed by atoms with E-state index in [0.717, 1.165) is 5.69 Å². The van der Waals surface area contributed by atoms with Crippen LogP contribution in [0.2, 0.25) is 0 Å². The van der Waals surface area contributed by atoms with Gasteiger partial charge in [-0.05, 0) is 24.6 Å². The van der Waals surface area contributed by atoms with E-state index in [1.807, 2.05) is 36.4 Å². The van der Waals surface area contributed by atoms with Crippen LogP contribution in [0.5, 0.6) is 0 Å². The Morgan fingerprint density at radius 3 is 2.79 bits per heavy atom. The summed E-state index contributed by atoms with van der Waals surface area (Å²) in [5.41, 5.74) is 2.35. The number of esters is 1. The third-order valence-electron chi connectivity index (χ3n) is 2.58. The minimum absolute atomic E-state index is 0.319. The van der Waals surface area contributed by atoms with Gasteiger partial charge < -0.3 is 10.1 Å². The van der Waals surface area contributed by atoms with Gasteiger partial charge >= 0.3 is 5.97 Å². The number of hydrogen-bond acceptors (Lipinski definition) is 4.